The quantitative estimate of drug-likeness (QED) is 0.482. The molecule has 1 heterocycles. The van der Waals surface area contributed by atoms with Crippen LogP contribution in [0.1, 0.15) is 18.9 Å². The van der Waals surface area contributed by atoms with Crippen molar-refractivity contribution in [3.05, 3.63) is 83.7 Å². The highest BCUT2D eigenvalue weighted by Crippen LogP contribution is 2.39. The molecule has 130 valence electrons. The Hall–Kier alpha value is -1.78. The number of hydrogen-bond acceptors (Lipinski definition) is 2. The molecular formula is C20H20ClFN2S. The van der Waals surface area contributed by atoms with Gasteiger partial charge in [-0.1, -0.05) is 35.9 Å². The van der Waals surface area contributed by atoms with Crippen molar-refractivity contribution in [2.24, 2.45) is 0 Å². The van der Waals surface area contributed by atoms with Gasteiger partial charge in [0.25, 0.3) is 0 Å². The molecule has 3 rings (SSSR count). The Labute approximate surface area is 157 Å². The number of imidazole rings is 1. The van der Waals surface area contributed by atoms with Crippen LogP contribution in [0.15, 0.2) is 72.1 Å². The summed E-state index contributed by atoms with van der Waals surface area (Å²) in [6, 6.07) is 14.9. The maximum atomic E-state index is 14.2. The van der Waals surface area contributed by atoms with Crippen molar-refractivity contribution < 1.29 is 4.39 Å². The van der Waals surface area contributed by atoms with Gasteiger partial charge in [-0.15, -0.1) is 11.8 Å². The van der Waals surface area contributed by atoms with Crippen molar-refractivity contribution >= 4 is 23.4 Å². The van der Waals surface area contributed by atoms with E-state index in [9.17, 15) is 4.39 Å². The molecule has 0 aliphatic heterocycles. The number of aryl methyl sites for hydroxylation is 1. The van der Waals surface area contributed by atoms with E-state index in [1.54, 1.807) is 24.0 Å². The Bertz CT molecular complexity index is 805. The Balaban J connectivity index is 1.78. The van der Waals surface area contributed by atoms with Gasteiger partial charge in [0.05, 0.1) is 6.33 Å². The molecule has 5 heteroatoms. The molecular weight excluding hydrogens is 355 g/mol. The number of thioether (sulfide) groups is 1. The van der Waals surface area contributed by atoms with E-state index in [1.807, 2.05) is 48.9 Å². The first-order chi connectivity index (χ1) is 12.0. The van der Waals surface area contributed by atoms with Crippen LogP contribution in [0.5, 0.6) is 0 Å². The Kier molecular flexibility index (Phi) is 5.82. The monoisotopic (exact) mass is 374 g/mol. The van der Waals surface area contributed by atoms with Crippen molar-refractivity contribution in [3.8, 4) is 0 Å². The summed E-state index contributed by atoms with van der Waals surface area (Å²) in [4.78, 5) is 4.81. The highest BCUT2D eigenvalue weighted by Gasteiger charge is 2.27. The standard InChI is InChI=1S/C20H20ClFN2S/c1-20(14-24-13-12-23-15-24,25-19-5-3-2-4-18(19)22)11-10-16-6-8-17(21)9-7-16/h2-9,12-13,15H,10-11,14H2,1H3. The summed E-state index contributed by atoms with van der Waals surface area (Å²) in [5.41, 5.74) is 1.23. The molecule has 0 spiro atoms. The van der Waals surface area contributed by atoms with Crippen molar-refractivity contribution in [2.75, 3.05) is 0 Å². The second kappa shape index (κ2) is 8.07. The second-order valence-corrected chi connectivity index (χ2v) is 8.41. The predicted octanol–water partition coefficient (Wildman–Crippen LogP) is 5.86. The fraction of sp³-hybridized carbons (Fsp3) is 0.250. The molecule has 0 radical (unpaired) electrons. The van der Waals surface area contributed by atoms with Crippen LogP contribution in [-0.2, 0) is 13.0 Å². The fourth-order valence-corrected chi connectivity index (χ4v) is 4.17. The van der Waals surface area contributed by atoms with Gasteiger partial charge >= 0.3 is 0 Å². The maximum Gasteiger partial charge on any atom is 0.136 e. The summed E-state index contributed by atoms with van der Waals surface area (Å²) in [5, 5.41) is 0.741. The molecule has 0 amide bonds. The van der Waals surface area contributed by atoms with Crippen molar-refractivity contribution in [1.29, 1.82) is 0 Å². The van der Waals surface area contributed by atoms with Gasteiger partial charge in [0, 0.05) is 33.6 Å². The Morgan fingerprint density at radius 1 is 1.16 bits per heavy atom. The molecule has 1 atom stereocenters. The number of hydrogen-bond donors (Lipinski definition) is 0. The number of rotatable bonds is 7. The second-order valence-electron chi connectivity index (χ2n) is 6.34. The lowest BCUT2D eigenvalue weighted by Gasteiger charge is -2.30. The van der Waals surface area contributed by atoms with E-state index in [1.165, 1.54) is 11.6 Å². The van der Waals surface area contributed by atoms with Crippen LogP contribution in [0.25, 0.3) is 0 Å². The molecule has 0 bridgehead atoms. The van der Waals surface area contributed by atoms with Crippen molar-refractivity contribution in [1.82, 2.24) is 9.55 Å². The zero-order valence-electron chi connectivity index (χ0n) is 14.0. The maximum absolute atomic E-state index is 14.2. The molecule has 3 aromatic rings. The van der Waals surface area contributed by atoms with Gasteiger partial charge in [0.15, 0.2) is 0 Å². The molecule has 0 aliphatic rings. The first kappa shape index (κ1) is 18.0. The molecule has 2 aromatic carbocycles. The van der Waals surface area contributed by atoms with Crippen LogP contribution < -0.4 is 0 Å². The van der Waals surface area contributed by atoms with Gasteiger partial charge in [0.1, 0.15) is 5.82 Å². The van der Waals surface area contributed by atoms with Crippen LogP contribution in [0.2, 0.25) is 5.02 Å². The molecule has 1 aromatic heterocycles. The first-order valence-electron chi connectivity index (χ1n) is 8.18. The molecule has 0 saturated carbocycles. The van der Waals surface area contributed by atoms with E-state index in [0.29, 0.717) is 4.90 Å². The zero-order valence-corrected chi connectivity index (χ0v) is 15.6. The molecule has 2 nitrogen and oxygen atoms in total. The minimum Gasteiger partial charge on any atom is -0.336 e. The van der Waals surface area contributed by atoms with Gasteiger partial charge in [-0.2, -0.15) is 0 Å². The first-order valence-corrected chi connectivity index (χ1v) is 9.37. The zero-order chi connectivity index (χ0) is 17.7. The average molecular weight is 375 g/mol. The lowest BCUT2D eigenvalue weighted by atomic mass is 10.00. The number of nitrogens with zero attached hydrogens (tertiary/aromatic N) is 2. The normalized spacial score (nSPS) is 13.6. The summed E-state index contributed by atoms with van der Waals surface area (Å²) in [6.07, 6.45) is 7.34. The molecule has 1 unspecified atom stereocenters. The van der Waals surface area contributed by atoms with E-state index in [-0.39, 0.29) is 10.6 Å². The van der Waals surface area contributed by atoms with E-state index in [4.69, 9.17) is 11.6 Å². The summed E-state index contributed by atoms with van der Waals surface area (Å²) < 4.78 is 16.0. The smallest absolute Gasteiger partial charge is 0.136 e. The summed E-state index contributed by atoms with van der Waals surface area (Å²) in [6.45, 7) is 2.94. The van der Waals surface area contributed by atoms with Crippen LogP contribution >= 0.6 is 23.4 Å². The highest BCUT2D eigenvalue weighted by molar-refractivity contribution is 8.00. The van der Waals surface area contributed by atoms with Crippen molar-refractivity contribution in [3.63, 3.8) is 0 Å². The van der Waals surface area contributed by atoms with E-state index < -0.39 is 0 Å². The molecule has 0 fully saturated rings. The summed E-state index contributed by atoms with van der Waals surface area (Å²) in [5.74, 6) is -0.171. The van der Waals surface area contributed by atoms with Crippen LogP contribution in [-0.4, -0.2) is 14.3 Å². The van der Waals surface area contributed by atoms with E-state index >= 15 is 0 Å². The molecule has 0 N–H and O–H groups in total. The SMILES string of the molecule is CC(CCc1ccc(Cl)cc1)(Cn1ccnc1)Sc1ccccc1F. The topological polar surface area (TPSA) is 17.8 Å². The summed E-state index contributed by atoms with van der Waals surface area (Å²) >= 11 is 7.55. The predicted molar refractivity (Wildman–Crippen MR) is 103 cm³/mol. The third-order valence-electron chi connectivity index (χ3n) is 4.13. The largest absolute Gasteiger partial charge is 0.336 e. The number of halogens is 2. The minimum absolute atomic E-state index is 0.164. The Morgan fingerprint density at radius 2 is 1.92 bits per heavy atom. The van der Waals surface area contributed by atoms with Gasteiger partial charge in [0.2, 0.25) is 0 Å². The van der Waals surface area contributed by atoms with Gasteiger partial charge in [-0.3, -0.25) is 0 Å². The third kappa shape index (κ3) is 5.10. The van der Waals surface area contributed by atoms with E-state index in [2.05, 4.69) is 16.5 Å². The highest BCUT2D eigenvalue weighted by atomic mass is 35.5. The van der Waals surface area contributed by atoms with Gasteiger partial charge in [-0.25, -0.2) is 9.37 Å². The number of benzene rings is 2. The fourth-order valence-electron chi connectivity index (χ4n) is 2.78. The lowest BCUT2D eigenvalue weighted by Crippen LogP contribution is -2.27. The molecule has 0 saturated heterocycles. The minimum atomic E-state index is -0.171. The number of aromatic nitrogens is 2. The van der Waals surface area contributed by atoms with Crippen LogP contribution in [0.4, 0.5) is 4.39 Å². The lowest BCUT2D eigenvalue weighted by molar-refractivity contribution is 0.493. The van der Waals surface area contributed by atoms with Gasteiger partial charge in [-0.05, 0) is 49.6 Å². The molecule has 25 heavy (non-hydrogen) atoms. The molecule has 0 aliphatic carbocycles. The average Bonchev–Trinajstić information content (AvgIpc) is 3.09. The van der Waals surface area contributed by atoms with Crippen LogP contribution in [0, 0.1) is 5.82 Å². The van der Waals surface area contributed by atoms with Gasteiger partial charge < -0.3 is 4.57 Å². The third-order valence-corrected chi connectivity index (χ3v) is 5.75. The van der Waals surface area contributed by atoms with E-state index in [0.717, 1.165) is 24.4 Å². The van der Waals surface area contributed by atoms with Crippen LogP contribution in [0.3, 0.4) is 0 Å². The van der Waals surface area contributed by atoms with Crippen molar-refractivity contribution in [2.45, 2.75) is 36.0 Å². The summed E-state index contributed by atoms with van der Waals surface area (Å²) in [7, 11) is 0. The Morgan fingerprint density at radius 3 is 2.60 bits per heavy atom.